The maximum atomic E-state index is 14.6. The van der Waals surface area contributed by atoms with Crippen LogP contribution >= 0.6 is 0 Å². The molecule has 0 saturated carbocycles. The quantitative estimate of drug-likeness (QED) is 0.446. The van der Waals surface area contributed by atoms with Gasteiger partial charge in [0, 0.05) is 16.4 Å². The first kappa shape index (κ1) is 12.6. The Morgan fingerprint density at radius 2 is 1.22 bits per heavy atom. The number of hydrogen-bond acceptors (Lipinski definition) is 3. The fraction of sp³-hybridized carbons (Fsp3) is 0. The highest BCUT2D eigenvalue weighted by Crippen LogP contribution is 2.35. The summed E-state index contributed by atoms with van der Waals surface area (Å²) in [5.74, 6) is 1.98. The van der Waals surface area contributed by atoms with Crippen LogP contribution in [0, 0.1) is 5.82 Å². The lowest BCUT2D eigenvalue weighted by atomic mass is 9.34. The van der Waals surface area contributed by atoms with Gasteiger partial charge in [0.25, 0.3) is 6.71 Å². The Morgan fingerprint density at radius 3 is 1.91 bits per heavy atom. The van der Waals surface area contributed by atoms with Crippen LogP contribution in [0.15, 0.2) is 54.6 Å². The molecule has 0 bridgehead atoms. The summed E-state index contributed by atoms with van der Waals surface area (Å²) in [7, 11) is 0. The molecule has 110 valence electrons. The lowest BCUT2D eigenvalue weighted by Crippen LogP contribution is -2.58. The summed E-state index contributed by atoms with van der Waals surface area (Å²) in [5.41, 5.74) is 1.75. The van der Waals surface area contributed by atoms with E-state index < -0.39 is 6.71 Å². The summed E-state index contributed by atoms with van der Waals surface area (Å²) < 4.78 is 26.3. The molecule has 5 heteroatoms. The van der Waals surface area contributed by atoms with Gasteiger partial charge in [-0.1, -0.05) is 18.2 Å². The van der Waals surface area contributed by atoms with E-state index in [9.17, 15) is 9.50 Å². The summed E-state index contributed by atoms with van der Waals surface area (Å²) in [5, 5.41) is 10.4. The van der Waals surface area contributed by atoms with Crippen molar-refractivity contribution < 1.29 is 19.0 Å². The fourth-order valence-electron chi connectivity index (χ4n) is 3.45. The molecular formula is C18H10BFO3. The van der Waals surface area contributed by atoms with Crippen LogP contribution in [0.25, 0.3) is 0 Å². The van der Waals surface area contributed by atoms with Crippen LogP contribution in [0.3, 0.4) is 0 Å². The van der Waals surface area contributed by atoms with Gasteiger partial charge in [0.1, 0.15) is 34.6 Å². The van der Waals surface area contributed by atoms with Gasteiger partial charge < -0.3 is 14.6 Å². The lowest BCUT2D eigenvalue weighted by molar-refractivity contribution is 0.451. The number of ether oxygens (including phenoxy) is 2. The minimum Gasteiger partial charge on any atom is -0.508 e. The second kappa shape index (κ2) is 4.29. The summed E-state index contributed by atoms with van der Waals surface area (Å²) >= 11 is 0. The summed E-state index contributed by atoms with van der Waals surface area (Å²) in [6, 6.07) is 15.3. The number of rotatable bonds is 0. The number of benzene rings is 3. The largest absolute Gasteiger partial charge is 0.508 e. The molecule has 3 aromatic carbocycles. The molecule has 0 spiro atoms. The third kappa shape index (κ3) is 1.59. The van der Waals surface area contributed by atoms with Crippen molar-refractivity contribution in [3.8, 4) is 28.7 Å². The molecule has 1 N–H and O–H groups in total. The Hall–Kier alpha value is -2.95. The van der Waals surface area contributed by atoms with Gasteiger partial charge in [0.15, 0.2) is 0 Å². The van der Waals surface area contributed by atoms with E-state index in [0.717, 1.165) is 5.46 Å². The molecule has 3 aromatic rings. The highest BCUT2D eigenvalue weighted by Gasteiger charge is 2.43. The zero-order valence-corrected chi connectivity index (χ0v) is 11.9. The Balaban J connectivity index is 1.91. The van der Waals surface area contributed by atoms with Gasteiger partial charge >= 0.3 is 0 Å². The monoisotopic (exact) mass is 304 g/mol. The van der Waals surface area contributed by atoms with Crippen molar-refractivity contribution in [2.24, 2.45) is 0 Å². The predicted molar refractivity (Wildman–Crippen MR) is 85.8 cm³/mol. The van der Waals surface area contributed by atoms with Gasteiger partial charge in [0.05, 0.1) is 0 Å². The van der Waals surface area contributed by atoms with Crippen molar-refractivity contribution in [2.75, 3.05) is 0 Å². The molecule has 0 unspecified atom stereocenters. The van der Waals surface area contributed by atoms with Gasteiger partial charge in [0.2, 0.25) is 0 Å². The molecule has 0 aromatic heterocycles. The van der Waals surface area contributed by atoms with Gasteiger partial charge in [-0.25, -0.2) is 4.39 Å². The standard InChI is InChI=1S/C18H10BFO3/c20-10-4-1-6-12-16(10)19-17-11(21)5-2-7-13(17)23-15-9-3-8-14(22-12)18(15)19/h1-9,21H. The molecule has 0 fully saturated rings. The summed E-state index contributed by atoms with van der Waals surface area (Å²) in [6.07, 6.45) is 0. The molecule has 2 aliphatic rings. The first-order chi connectivity index (χ1) is 11.2. The molecule has 2 heterocycles. The van der Waals surface area contributed by atoms with Crippen LogP contribution in [0.4, 0.5) is 4.39 Å². The Bertz CT molecular complexity index is 864. The van der Waals surface area contributed by atoms with Gasteiger partial charge in [-0.05, 0) is 36.4 Å². The average molecular weight is 304 g/mol. The minimum atomic E-state index is -0.448. The third-order valence-corrected chi connectivity index (χ3v) is 4.39. The third-order valence-electron chi connectivity index (χ3n) is 4.39. The normalized spacial score (nSPS) is 13.3. The number of phenolic OH excluding ortho intramolecular Hbond substituents is 1. The Morgan fingerprint density at radius 1 is 0.696 bits per heavy atom. The van der Waals surface area contributed by atoms with Crippen LogP contribution in [-0.4, -0.2) is 11.8 Å². The van der Waals surface area contributed by atoms with Crippen molar-refractivity contribution in [3.05, 3.63) is 60.4 Å². The maximum Gasteiger partial charge on any atom is 0.269 e. The average Bonchev–Trinajstić information content (AvgIpc) is 2.55. The maximum absolute atomic E-state index is 14.6. The minimum absolute atomic E-state index is 0.0871. The van der Waals surface area contributed by atoms with E-state index in [1.165, 1.54) is 6.07 Å². The van der Waals surface area contributed by atoms with Crippen molar-refractivity contribution in [1.29, 1.82) is 0 Å². The van der Waals surface area contributed by atoms with E-state index in [-0.39, 0.29) is 11.6 Å². The molecule has 23 heavy (non-hydrogen) atoms. The van der Waals surface area contributed by atoms with Gasteiger partial charge in [-0.15, -0.1) is 0 Å². The van der Waals surface area contributed by atoms with Crippen LogP contribution < -0.4 is 25.9 Å². The number of aromatic hydroxyl groups is 1. The number of halogens is 1. The van der Waals surface area contributed by atoms with Gasteiger partial charge in [-0.2, -0.15) is 0 Å². The molecule has 0 aliphatic carbocycles. The Labute approximate surface area is 132 Å². The highest BCUT2D eigenvalue weighted by atomic mass is 19.1. The van der Waals surface area contributed by atoms with Crippen molar-refractivity contribution in [3.63, 3.8) is 0 Å². The second-order valence-electron chi connectivity index (χ2n) is 5.65. The number of hydrogen-bond donors (Lipinski definition) is 1. The zero-order valence-electron chi connectivity index (χ0n) is 11.9. The van der Waals surface area contributed by atoms with E-state index in [4.69, 9.17) is 9.47 Å². The van der Waals surface area contributed by atoms with Crippen LogP contribution in [-0.2, 0) is 0 Å². The topological polar surface area (TPSA) is 38.7 Å². The Kier molecular flexibility index (Phi) is 2.35. The van der Waals surface area contributed by atoms with Crippen molar-refractivity contribution in [2.45, 2.75) is 0 Å². The van der Waals surface area contributed by atoms with Crippen molar-refractivity contribution in [1.82, 2.24) is 0 Å². The molecule has 0 atom stereocenters. The predicted octanol–water partition coefficient (Wildman–Crippen LogP) is 2.26. The molecule has 0 saturated heterocycles. The summed E-state index contributed by atoms with van der Waals surface area (Å²) in [4.78, 5) is 0. The molecule has 0 amide bonds. The first-order valence-electron chi connectivity index (χ1n) is 7.33. The van der Waals surface area contributed by atoms with E-state index in [2.05, 4.69) is 0 Å². The fourth-order valence-corrected chi connectivity index (χ4v) is 3.45. The molecule has 5 rings (SSSR count). The SMILES string of the molecule is Oc1cccc2c1B1c3c(F)cccc3Oc3cccc(c31)O2. The highest BCUT2D eigenvalue weighted by molar-refractivity contribution is 6.98. The molecule has 3 nitrogen and oxygen atoms in total. The van der Waals surface area contributed by atoms with Crippen LogP contribution in [0.2, 0.25) is 0 Å². The second-order valence-corrected chi connectivity index (χ2v) is 5.65. The van der Waals surface area contributed by atoms with Gasteiger partial charge in [-0.3, -0.25) is 0 Å². The molecule has 2 aliphatic heterocycles. The summed E-state index contributed by atoms with van der Waals surface area (Å²) in [6.45, 7) is -0.448. The number of fused-ring (bicyclic) bond motifs is 4. The zero-order chi connectivity index (χ0) is 15.6. The molecular weight excluding hydrogens is 294 g/mol. The lowest BCUT2D eigenvalue weighted by Gasteiger charge is -2.33. The molecule has 0 radical (unpaired) electrons. The smallest absolute Gasteiger partial charge is 0.269 e. The van der Waals surface area contributed by atoms with Crippen LogP contribution in [0.1, 0.15) is 0 Å². The van der Waals surface area contributed by atoms with Crippen LogP contribution in [0.5, 0.6) is 28.7 Å². The first-order valence-corrected chi connectivity index (χ1v) is 7.33. The van der Waals surface area contributed by atoms with E-state index in [1.54, 1.807) is 30.3 Å². The van der Waals surface area contributed by atoms with E-state index >= 15 is 0 Å². The van der Waals surface area contributed by atoms with E-state index in [1.807, 2.05) is 18.2 Å². The van der Waals surface area contributed by atoms with Crippen molar-refractivity contribution >= 4 is 23.1 Å². The number of phenols is 1. The van der Waals surface area contributed by atoms with E-state index in [0.29, 0.717) is 33.9 Å².